The van der Waals surface area contributed by atoms with Crippen LogP contribution in [-0.4, -0.2) is 38.7 Å². The lowest BCUT2D eigenvalue weighted by Gasteiger charge is -2.09. The summed E-state index contributed by atoms with van der Waals surface area (Å²) in [6, 6.07) is 4.59. The second-order valence-electron chi connectivity index (χ2n) is 3.53. The molecule has 1 N–H and O–H groups in total. The Hall–Kier alpha value is -1.60. The van der Waals surface area contributed by atoms with Crippen molar-refractivity contribution >= 4 is 15.9 Å². The van der Waals surface area contributed by atoms with Gasteiger partial charge in [0.15, 0.2) is 5.78 Å². The van der Waals surface area contributed by atoms with Crippen molar-refractivity contribution in [2.24, 2.45) is 0 Å². The fraction of sp³-hybridized carbons (Fsp3) is 0.364. The molecule has 7 heteroatoms. The van der Waals surface area contributed by atoms with Gasteiger partial charge >= 0.3 is 0 Å². The number of hydrogen-bond donors (Lipinski definition) is 1. The number of carbonyl (C=O) groups is 1. The number of ether oxygens (including phenoxy) is 2. The summed E-state index contributed by atoms with van der Waals surface area (Å²) in [4.78, 5) is 11.8. The fourth-order valence-corrected chi connectivity index (χ4v) is 1.83. The van der Waals surface area contributed by atoms with E-state index in [1.165, 1.54) is 26.4 Å². The van der Waals surface area contributed by atoms with E-state index in [4.69, 9.17) is 14.0 Å². The van der Waals surface area contributed by atoms with Crippen LogP contribution in [0.3, 0.4) is 0 Å². The van der Waals surface area contributed by atoms with E-state index in [9.17, 15) is 13.2 Å². The molecule has 18 heavy (non-hydrogen) atoms. The Morgan fingerprint density at radius 1 is 1.28 bits per heavy atom. The molecule has 0 heterocycles. The molecule has 0 aliphatic heterocycles. The van der Waals surface area contributed by atoms with E-state index in [1.54, 1.807) is 6.07 Å². The lowest BCUT2D eigenvalue weighted by Crippen LogP contribution is -2.11. The minimum absolute atomic E-state index is 0.252. The van der Waals surface area contributed by atoms with Crippen molar-refractivity contribution < 1.29 is 27.2 Å². The predicted molar refractivity (Wildman–Crippen MR) is 64.9 cm³/mol. The summed E-state index contributed by atoms with van der Waals surface area (Å²) in [5.74, 6) is -0.207. The van der Waals surface area contributed by atoms with Crippen molar-refractivity contribution in [1.82, 2.24) is 0 Å². The van der Waals surface area contributed by atoms with Crippen molar-refractivity contribution in [2.45, 2.75) is 6.42 Å². The van der Waals surface area contributed by atoms with Gasteiger partial charge in [0.25, 0.3) is 10.1 Å². The SMILES string of the molecule is COc1ccc(C(=O)CCS(=O)(=O)O)c(OC)c1. The van der Waals surface area contributed by atoms with E-state index in [0.29, 0.717) is 11.5 Å². The summed E-state index contributed by atoms with van der Waals surface area (Å²) in [5, 5.41) is 0. The maximum atomic E-state index is 11.8. The summed E-state index contributed by atoms with van der Waals surface area (Å²) in [6.07, 6.45) is -0.304. The van der Waals surface area contributed by atoms with Crippen LogP contribution in [0.5, 0.6) is 11.5 Å². The van der Waals surface area contributed by atoms with Crippen LogP contribution in [-0.2, 0) is 10.1 Å². The highest BCUT2D eigenvalue weighted by atomic mass is 32.2. The molecule has 0 fully saturated rings. The van der Waals surface area contributed by atoms with E-state index in [-0.39, 0.29) is 12.0 Å². The van der Waals surface area contributed by atoms with Crippen LogP contribution in [0, 0.1) is 0 Å². The van der Waals surface area contributed by atoms with E-state index < -0.39 is 21.7 Å². The average molecular weight is 274 g/mol. The van der Waals surface area contributed by atoms with Crippen LogP contribution in [0.25, 0.3) is 0 Å². The van der Waals surface area contributed by atoms with E-state index in [0.717, 1.165) is 0 Å². The maximum Gasteiger partial charge on any atom is 0.265 e. The van der Waals surface area contributed by atoms with E-state index in [2.05, 4.69) is 0 Å². The summed E-state index contributed by atoms with van der Waals surface area (Å²) in [5.41, 5.74) is 0.252. The second kappa shape index (κ2) is 5.83. The minimum Gasteiger partial charge on any atom is -0.497 e. The molecule has 0 spiro atoms. The second-order valence-corrected chi connectivity index (χ2v) is 5.10. The number of carbonyl (C=O) groups excluding carboxylic acids is 1. The van der Waals surface area contributed by atoms with Crippen molar-refractivity contribution in [1.29, 1.82) is 0 Å². The third-order valence-electron chi connectivity index (χ3n) is 2.30. The van der Waals surface area contributed by atoms with Crippen LogP contribution >= 0.6 is 0 Å². The Labute approximate surface area is 105 Å². The third-order valence-corrected chi connectivity index (χ3v) is 3.02. The molecule has 0 aromatic heterocycles. The molecular weight excluding hydrogens is 260 g/mol. The van der Waals surface area contributed by atoms with Gasteiger partial charge in [-0.05, 0) is 12.1 Å². The first kappa shape index (κ1) is 14.5. The van der Waals surface area contributed by atoms with Crippen molar-refractivity contribution in [3.8, 4) is 11.5 Å². The largest absolute Gasteiger partial charge is 0.497 e. The highest BCUT2D eigenvalue weighted by Gasteiger charge is 2.16. The van der Waals surface area contributed by atoms with Gasteiger partial charge in [-0.2, -0.15) is 8.42 Å². The highest BCUT2D eigenvalue weighted by Crippen LogP contribution is 2.25. The quantitative estimate of drug-likeness (QED) is 0.618. The standard InChI is InChI=1S/C11H14O6S/c1-16-8-3-4-9(11(7-8)17-2)10(12)5-6-18(13,14)15/h3-4,7H,5-6H2,1-2H3,(H,13,14,15). The monoisotopic (exact) mass is 274 g/mol. The van der Waals surface area contributed by atoms with Gasteiger partial charge in [0.2, 0.25) is 0 Å². The zero-order chi connectivity index (χ0) is 13.8. The zero-order valence-corrected chi connectivity index (χ0v) is 10.9. The first-order valence-electron chi connectivity index (χ1n) is 5.08. The van der Waals surface area contributed by atoms with Crippen LogP contribution in [0.4, 0.5) is 0 Å². The van der Waals surface area contributed by atoms with Gasteiger partial charge in [-0.3, -0.25) is 9.35 Å². The Balaban J connectivity index is 2.92. The maximum absolute atomic E-state index is 11.8. The topological polar surface area (TPSA) is 89.9 Å². The lowest BCUT2D eigenvalue weighted by molar-refractivity contribution is 0.0985. The molecule has 100 valence electrons. The van der Waals surface area contributed by atoms with Gasteiger partial charge in [-0.1, -0.05) is 0 Å². The summed E-state index contributed by atoms with van der Waals surface area (Å²) >= 11 is 0. The summed E-state index contributed by atoms with van der Waals surface area (Å²) in [7, 11) is -1.27. The van der Waals surface area contributed by atoms with E-state index >= 15 is 0 Å². The van der Waals surface area contributed by atoms with Gasteiger partial charge in [-0.15, -0.1) is 0 Å². The van der Waals surface area contributed by atoms with Gasteiger partial charge < -0.3 is 9.47 Å². The van der Waals surface area contributed by atoms with Gasteiger partial charge in [0.1, 0.15) is 11.5 Å². The number of hydrogen-bond acceptors (Lipinski definition) is 5. The third kappa shape index (κ3) is 4.01. The first-order valence-corrected chi connectivity index (χ1v) is 6.68. The van der Waals surface area contributed by atoms with Gasteiger partial charge in [-0.25, -0.2) is 0 Å². The molecule has 6 nitrogen and oxygen atoms in total. The first-order chi connectivity index (χ1) is 8.37. The summed E-state index contributed by atoms with van der Waals surface area (Å²) in [6.45, 7) is 0. The molecule has 1 aromatic carbocycles. The smallest absolute Gasteiger partial charge is 0.265 e. The van der Waals surface area contributed by atoms with Crippen molar-refractivity contribution in [3.63, 3.8) is 0 Å². The summed E-state index contributed by atoms with van der Waals surface area (Å²) < 4.78 is 39.7. The molecule has 0 aliphatic rings. The number of methoxy groups -OCH3 is 2. The molecule has 0 aliphatic carbocycles. The van der Waals surface area contributed by atoms with Gasteiger partial charge in [0, 0.05) is 12.5 Å². The van der Waals surface area contributed by atoms with Crippen molar-refractivity contribution in [3.05, 3.63) is 23.8 Å². The Kier molecular flexibility index (Phi) is 4.69. The van der Waals surface area contributed by atoms with Crippen LogP contribution in [0.2, 0.25) is 0 Å². The number of rotatable bonds is 6. The molecule has 0 amide bonds. The van der Waals surface area contributed by atoms with Crippen LogP contribution < -0.4 is 9.47 Å². The highest BCUT2D eigenvalue weighted by molar-refractivity contribution is 7.85. The lowest BCUT2D eigenvalue weighted by atomic mass is 10.1. The number of benzene rings is 1. The molecule has 0 saturated heterocycles. The van der Waals surface area contributed by atoms with Crippen LogP contribution in [0.15, 0.2) is 18.2 Å². The van der Waals surface area contributed by atoms with Crippen molar-refractivity contribution in [2.75, 3.05) is 20.0 Å². The molecule has 1 aromatic rings. The minimum atomic E-state index is -4.15. The number of Topliss-reactive ketones (excluding diaryl/α,β-unsaturated/α-hetero) is 1. The fourth-order valence-electron chi connectivity index (χ4n) is 1.39. The number of ketones is 1. The molecule has 0 radical (unpaired) electrons. The molecule has 0 atom stereocenters. The Morgan fingerprint density at radius 3 is 2.44 bits per heavy atom. The molecular formula is C11H14O6S. The predicted octanol–water partition coefficient (Wildman–Crippen LogP) is 1.16. The molecule has 0 bridgehead atoms. The normalized spacial score (nSPS) is 11.1. The Morgan fingerprint density at radius 2 is 1.94 bits per heavy atom. The average Bonchev–Trinajstić information content (AvgIpc) is 2.34. The van der Waals surface area contributed by atoms with E-state index in [1.807, 2.05) is 0 Å². The molecule has 0 saturated carbocycles. The Bertz CT molecular complexity index is 534. The zero-order valence-electron chi connectivity index (χ0n) is 10.0. The molecule has 1 rings (SSSR count). The van der Waals surface area contributed by atoms with Crippen LogP contribution in [0.1, 0.15) is 16.8 Å². The molecule has 0 unspecified atom stereocenters. The van der Waals surface area contributed by atoms with Gasteiger partial charge in [0.05, 0.1) is 25.5 Å².